The fourth-order valence-electron chi connectivity index (χ4n) is 2.54. The number of rotatable bonds is 4. The normalized spacial score (nSPS) is 10.6. The highest BCUT2D eigenvalue weighted by Crippen LogP contribution is 2.18. The minimum atomic E-state index is -0.391. The smallest absolute Gasteiger partial charge is 0.248 e. The Hall–Kier alpha value is -2.99. The van der Waals surface area contributed by atoms with E-state index in [4.69, 9.17) is 5.84 Å². The molecule has 1 heterocycles. The highest BCUT2D eigenvalue weighted by molar-refractivity contribution is 5.54. The Morgan fingerprint density at radius 1 is 1.04 bits per heavy atom. The average Bonchev–Trinajstić information content (AvgIpc) is 2.62. The number of aromatic nitrogens is 3. The lowest BCUT2D eigenvalue weighted by molar-refractivity contribution is 0.753. The third kappa shape index (κ3) is 2.91. The summed E-state index contributed by atoms with van der Waals surface area (Å²) in [6.45, 7) is 3.90. The molecule has 0 aliphatic rings. The molecule has 1 aromatic heterocycles. The minimum absolute atomic E-state index is 0.188. The van der Waals surface area contributed by atoms with Crippen LogP contribution in [0.25, 0.3) is 5.69 Å². The summed E-state index contributed by atoms with van der Waals surface area (Å²) in [6.07, 6.45) is 0.585. The van der Waals surface area contributed by atoms with Gasteiger partial charge in [0.25, 0.3) is 5.95 Å². The van der Waals surface area contributed by atoms with Crippen LogP contribution in [0.1, 0.15) is 18.3 Å². The van der Waals surface area contributed by atoms with Crippen molar-refractivity contribution in [1.82, 2.24) is 14.5 Å². The molecule has 0 spiro atoms. The Balaban J connectivity index is 2.13. The molecule has 24 heavy (non-hydrogen) atoms. The first-order valence-electron chi connectivity index (χ1n) is 7.77. The molecular weight excluding hydrogens is 302 g/mol. The first kappa shape index (κ1) is 15.9. The van der Waals surface area contributed by atoms with Crippen LogP contribution in [-0.4, -0.2) is 14.5 Å². The lowest BCUT2D eigenvalue weighted by Gasteiger charge is -2.19. The van der Waals surface area contributed by atoms with Gasteiger partial charge in [-0.2, -0.15) is 9.97 Å². The highest BCUT2D eigenvalue weighted by Gasteiger charge is 2.15. The van der Waals surface area contributed by atoms with Crippen LogP contribution in [-0.2, 0) is 6.42 Å². The van der Waals surface area contributed by atoms with Gasteiger partial charge in [-0.15, -0.1) is 0 Å². The predicted octanol–water partition coefficient (Wildman–Crippen LogP) is 2.51. The van der Waals surface area contributed by atoms with Crippen molar-refractivity contribution in [3.05, 3.63) is 76.5 Å². The Bertz CT molecular complexity index is 905. The summed E-state index contributed by atoms with van der Waals surface area (Å²) in [5.41, 5.74) is 2.10. The first-order valence-corrected chi connectivity index (χ1v) is 7.77. The highest BCUT2D eigenvalue weighted by atomic mass is 16.1. The second kappa shape index (κ2) is 6.64. The number of hydrazine groups is 1. The molecule has 0 bridgehead atoms. The molecule has 3 rings (SSSR count). The van der Waals surface area contributed by atoms with Crippen molar-refractivity contribution in [2.75, 3.05) is 5.01 Å². The molecule has 122 valence electrons. The van der Waals surface area contributed by atoms with Crippen LogP contribution in [0.15, 0.2) is 59.4 Å². The summed E-state index contributed by atoms with van der Waals surface area (Å²) in [7, 11) is 0. The van der Waals surface area contributed by atoms with Crippen LogP contribution in [0, 0.1) is 6.92 Å². The fraction of sp³-hybridized carbons (Fsp3) is 0.167. The van der Waals surface area contributed by atoms with Gasteiger partial charge in [0.2, 0.25) is 0 Å². The van der Waals surface area contributed by atoms with Crippen LogP contribution in [0.3, 0.4) is 0 Å². The van der Waals surface area contributed by atoms with E-state index >= 15 is 0 Å². The maximum Gasteiger partial charge on any atom is 0.356 e. The molecule has 0 saturated heterocycles. The van der Waals surface area contributed by atoms with Gasteiger partial charge in [0, 0.05) is 6.42 Å². The molecule has 0 amide bonds. The van der Waals surface area contributed by atoms with Crippen LogP contribution < -0.4 is 16.5 Å². The van der Waals surface area contributed by atoms with E-state index in [9.17, 15) is 4.79 Å². The van der Waals surface area contributed by atoms with Crippen LogP contribution >= 0.6 is 0 Å². The van der Waals surface area contributed by atoms with Crippen molar-refractivity contribution in [3.63, 3.8) is 0 Å². The number of hydrogen-bond donors (Lipinski definition) is 1. The summed E-state index contributed by atoms with van der Waals surface area (Å²) in [5.74, 6) is 6.89. The molecule has 0 radical (unpaired) electrons. The molecule has 0 fully saturated rings. The standard InChI is InChI=1S/C18H19N5O/c1-3-16-20-17(23(19)14-10-5-4-6-11-14)21-18(24)22(16)15-12-8-7-9-13(15)2/h4-12H,3,19H2,1-2H3. The monoisotopic (exact) mass is 321 g/mol. The molecule has 3 aromatic rings. The third-order valence-electron chi connectivity index (χ3n) is 3.80. The Morgan fingerprint density at radius 3 is 2.38 bits per heavy atom. The number of nitrogens with zero attached hydrogens (tertiary/aromatic N) is 4. The van der Waals surface area contributed by atoms with Gasteiger partial charge in [-0.25, -0.2) is 20.2 Å². The molecule has 6 nitrogen and oxygen atoms in total. The molecule has 6 heteroatoms. The third-order valence-corrected chi connectivity index (χ3v) is 3.80. The van der Waals surface area contributed by atoms with Crippen LogP contribution in [0.2, 0.25) is 0 Å². The maximum atomic E-state index is 12.6. The van der Waals surface area contributed by atoms with Crippen molar-refractivity contribution in [1.29, 1.82) is 0 Å². The van der Waals surface area contributed by atoms with Gasteiger partial charge >= 0.3 is 5.69 Å². The van der Waals surface area contributed by atoms with E-state index in [1.807, 2.05) is 68.4 Å². The lowest BCUT2D eigenvalue weighted by atomic mass is 10.2. The van der Waals surface area contributed by atoms with Crippen molar-refractivity contribution in [2.45, 2.75) is 20.3 Å². The number of benzene rings is 2. The van der Waals surface area contributed by atoms with Gasteiger partial charge < -0.3 is 0 Å². The number of anilines is 2. The average molecular weight is 321 g/mol. The second-order valence-corrected chi connectivity index (χ2v) is 5.40. The Morgan fingerprint density at radius 2 is 1.71 bits per heavy atom. The van der Waals surface area contributed by atoms with E-state index in [0.717, 1.165) is 11.3 Å². The summed E-state index contributed by atoms with van der Waals surface area (Å²) in [5, 5.41) is 1.32. The molecule has 2 aromatic carbocycles. The largest absolute Gasteiger partial charge is 0.356 e. The quantitative estimate of drug-likeness (QED) is 0.590. The molecule has 0 aliphatic heterocycles. The maximum absolute atomic E-state index is 12.6. The van der Waals surface area contributed by atoms with Gasteiger partial charge in [-0.3, -0.25) is 0 Å². The second-order valence-electron chi connectivity index (χ2n) is 5.40. The predicted molar refractivity (Wildman–Crippen MR) is 94.5 cm³/mol. The first-order chi connectivity index (χ1) is 11.6. The van der Waals surface area contributed by atoms with E-state index < -0.39 is 5.69 Å². The van der Waals surface area contributed by atoms with Crippen molar-refractivity contribution < 1.29 is 0 Å². The summed E-state index contributed by atoms with van der Waals surface area (Å²) in [4.78, 5) is 21.2. The molecular formula is C18H19N5O. The molecule has 0 aliphatic carbocycles. The van der Waals surface area contributed by atoms with Crippen molar-refractivity contribution >= 4 is 11.6 Å². The number of nitrogens with two attached hydrogens (primary N) is 1. The zero-order valence-corrected chi connectivity index (χ0v) is 13.7. The van der Waals surface area contributed by atoms with Crippen LogP contribution in [0.4, 0.5) is 11.6 Å². The zero-order chi connectivity index (χ0) is 17.1. The van der Waals surface area contributed by atoms with Gasteiger partial charge in [-0.1, -0.05) is 43.3 Å². The molecule has 0 saturated carbocycles. The molecule has 2 N–H and O–H groups in total. The van der Waals surface area contributed by atoms with E-state index in [-0.39, 0.29) is 5.95 Å². The summed E-state index contributed by atoms with van der Waals surface area (Å²) >= 11 is 0. The van der Waals surface area contributed by atoms with Crippen LogP contribution in [0.5, 0.6) is 0 Å². The number of hydrogen-bond acceptors (Lipinski definition) is 5. The van der Waals surface area contributed by atoms with Gasteiger partial charge in [0.15, 0.2) is 0 Å². The Kier molecular flexibility index (Phi) is 4.39. The van der Waals surface area contributed by atoms with Crippen molar-refractivity contribution in [3.8, 4) is 5.69 Å². The van der Waals surface area contributed by atoms with Gasteiger partial charge in [0.1, 0.15) is 5.82 Å². The van der Waals surface area contributed by atoms with E-state index in [1.165, 1.54) is 9.58 Å². The molecule has 0 unspecified atom stereocenters. The Labute approximate surface area is 140 Å². The summed E-state index contributed by atoms with van der Waals surface area (Å²) in [6, 6.07) is 17.0. The SMILES string of the molecule is CCc1nc(N(N)c2ccccc2)nc(=O)n1-c1ccccc1C. The summed E-state index contributed by atoms with van der Waals surface area (Å²) < 4.78 is 1.54. The van der Waals surface area contributed by atoms with E-state index in [1.54, 1.807) is 0 Å². The van der Waals surface area contributed by atoms with Gasteiger partial charge in [0.05, 0.1) is 11.4 Å². The number of aryl methyl sites for hydroxylation is 2. The zero-order valence-electron chi connectivity index (χ0n) is 13.7. The minimum Gasteiger partial charge on any atom is -0.248 e. The van der Waals surface area contributed by atoms with E-state index in [0.29, 0.717) is 17.9 Å². The molecule has 0 atom stereocenters. The van der Waals surface area contributed by atoms with E-state index in [2.05, 4.69) is 9.97 Å². The topological polar surface area (TPSA) is 77.0 Å². The van der Waals surface area contributed by atoms with Gasteiger partial charge in [-0.05, 0) is 30.7 Å². The lowest BCUT2D eigenvalue weighted by Crippen LogP contribution is -2.34. The number of para-hydroxylation sites is 2. The fourth-order valence-corrected chi connectivity index (χ4v) is 2.54. The van der Waals surface area contributed by atoms with Crippen molar-refractivity contribution in [2.24, 2.45) is 5.84 Å².